The van der Waals surface area contributed by atoms with Gasteiger partial charge < -0.3 is 9.84 Å². The Morgan fingerprint density at radius 3 is 2.72 bits per heavy atom. The summed E-state index contributed by atoms with van der Waals surface area (Å²) in [6, 6.07) is 0. The normalized spacial score (nSPS) is 40.3. The number of rotatable bonds is 1. The van der Waals surface area contributed by atoms with E-state index in [0.29, 0.717) is 37.4 Å². The van der Waals surface area contributed by atoms with Crippen molar-refractivity contribution in [3.8, 4) is 0 Å². The second-order valence-electron chi connectivity index (χ2n) is 6.17. The molecule has 0 aromatic rings. The molecule has 0 radical (unpaired) electrons. The summed E-state index contributed by atoms with van der Waals surface area (Å²) in [5.74, 6) is 2.92. The largest absolute Gasteiger partial charge is 0.390 e. The minimum atomic E-state index is -0.599. The van der Waals surface area contributed by atoms with E-state index in [0.717, 1.165) is 31.6 Å². The van der Waals surface area contributed by atoms with Crippen molar-refractivity contribution >= 4 is 17.5 Å². The van der Waals surface area contributed by atoms with Gasteiger partial charge in [-0.05, 0) is 43.8 Å². The third kappa shape index (κ3) is 2.35. The summed E-state index contributed by atoms with van der Waals surface area (Å²) >= 11 is 1.97. The Kier molecular flexibility index (Phi) is 3.45. The van der Waals surface area contributed by atoms with E-state index < -0.39 is 5.60 Å². The number of aliphatic hydroxyl groups is 1. The quantitative estimate of drug-likeness (QED) is 0.793. The van der Waals surface area contributed by atoms with Crippen LogP contribution in [-0.2, 0) is 9.53 Å². The zero-order valence-electron chi connectivity index (χ0n) is 10.8. The maximum Gasteiger partial charge on any atom is 0.133 e. The minimum absolute atomic E-state index is 0.0325. The van der Waals surface area contributed by atoms with Gasteiger partial charge in [-0.15, -0.1) is 0 Å². The fraction of sp³-hybridized carbons (Fsp3) is 0.929. The number of hydrogen-bond donors (Lipinski definition) is 1. The Morgan fingerprint density at radius 2 is 2.06 bits per heavy atom. The maximum absolute atomic E-state index is 11.3. The Labute approximate surface area is 113 Å². The number of ether oxygens (including phenoxy) is 1. The molecule has 0 amide bonds. The Hall–Kier alpha value is -0.0600. The Bertz CT molecular complexity index is 326. The fourth-order valence-corrected chi connectivity index (χ4v) is 5.10. The van der Waals surface area contributed by atoms with Crippen LogP contribution < -0.4 is 0 Å². The van der Waals surface area contributed by atoms with Crippen molar-refractivity contribution in [2.75, 3.05) is 18.1 Å². The first-order valence-electron chi connectivity index (χ1n) is 7.08. The summed E-state index contributed by atoms with van der Waals surface area (Å²) in [5, 5.41) is 10.8. The van der Waals surface area contributed by atoms with Crippen LogP contribution in [0.4, 0.5) is 0 Å². The molecule has 18 heavy (non-hydrogen) atoms. The molecule has 1 saturated carbocycles. The molecule has 102 valence electrons. The third-order valence-electron chi connectivity index (χ3n) is 4.99. The van der Waals surface area contributed by atoms with Gasteiger partial charge in [0.05, 0.1) is 11.2 Å². The highest BCUT2D eigenvalue weighted by molar-refractivity contribution is 7.99. The van der Waals surface area contributed by atoms with Gasteiger partial charge in [0.15, 0.2) is 0 Å². The van der Waals surface area contributed by atoms with E-state index >= 15 is 0 Å². The van der Waals surface area contributed by atoms with E-state index in [1.54, 1.807) is 0 Å². The molecular formula is C14H22O3S. The van der Waals surface area contributed by atoms with Gasteiger partial charge in [0.2, 0.25) is 0 Å². The van der Waals surface area contributed by atoms with Crippen molar-refractivity contribution < 1.29 is 14.6 Å². The average molecular weight is 270 g/mol. The highest BCUT2D eigenvalue weighted by Gasteiger charge is 2.48. The molecule has 1 N–H and O–H groups in total. The molecule has 3 fully saturated rings. The van der Waals surface area contributed by atoms with Gasteiger partial charge in [0.1, 0.15) is 5.78 Å². The summed E-state index contributed by atoms with van der Waals surface area (Å²) in [5.41, 5.74) is -0.567. The highest BCUT2D eigenvalue weighted by Crippen LogP contribution is 2.46. The Balaban J connectivity index is 1.69. The van der Waals surface area contributed by atoms with Crippen LogP contribution in [0.1, 0.15) is 44.9 Å². The summed E-state index contributed by atoms with van der Waals surface area (Å²) in [7, 11) is 0. The van der Waals surface area contributed by atoms with Crippen LogP contribution in [0, 0.1) is 5.92 Å². The minimum Gasteiger partial charge on any atom is -0.390 e. The number of ketones is 1. The van der Waals surface area contributed by atoms with Crippen molar-refractivity contribution in [3.63, 3.8) is 0 Å². The zero-order chi connectivity index (χ0) is 12.6. The van der Waals surface area contributed by atoms with Crippen molar-refractivity contribution in [3.05, 3.63) is 0 Å². The molecule has 2 atom stereocenters. The first kappa shape index (κ1) is 12.9. The molecule has 1 aliphatic carbocycles. The Morgan fingerprint density at radius 1 is 1.28 bits per heavy atom. The van der Waals surface area contributed by atoms with Gasteiger partial charge in [0.25, 0.3) is 0 Å². The number of carbonyl (C=O) groups excluding carboxylic acids is 1. The van der Waals surface area contributed by atoms with Crippen molar-refractivity contribution in [2.24, 2.45) is 5.92 Å². The lowest BCUT2D eigenvalue weighted by Crippen LogP contribution is -2.50. The van der Waals surface area contributed by atoms with Crippen LogP contribution >= 0.6 is 11.8 Å². The molecular weight excluding hydrogens is 248 g/mol. The molecule has 3 aliphatic rings. The number of hydrogen-bond acceptors (Lipinski definition) is 4. The number of thioether (sulfide) groups is 1. The van der Waals surface area contributed by atoms with E-state index in [4.69, 9.17) is 4.74 Å². The van der Waals surface area contributed by atoms with Gasteiger partial charge in [-0.3, -0.25) is 4.79 Å². The van der Waals surface area contributed by atoms with Crippen LogP contribution in [-0.4, -0.2) is 40.2 Å². The molecule has 0 aromatic carbocycles. The average Bonchev–Trinajstić information content (AvgIpc) is 2.81. The molecule has 2 aliphatic heterocycles. The standard InChI is InChI=1S/C14H22O3S/c15-12-1-4-14(16,5-2-12)11-3-7-17-13(9-11)6-8-18-10-13/h11,16H,1-10H2. The summed E-state index contributed by atoms with van der Waals surface area (Å²) < 4.78 is 6.01. The van der Waals surface area contributed by atoms with E-state index in [9.17, 15) is 9.90 Å². The van der Waals surface area contributed by atoms with Crippen LogP contribution in [0.3, 0.4) is 0 Å². The van der Waals surface area contributed by atoms with Gasteiger partial charge in [0, 0.05) is 25.2 Å². The highest BCUT2D eigenvalue weighted by atomic mass is 32.2. The summed E-state index contributed by atoms with van der Waals surface area (Å²) in [6.45, 7) is 0.779. The van der Waals surface area contributed by atoms with Gasteiger partial charge >= 0.3 is 0 Å². The van der Waals surface area contributed by atoms with Crippen molar-refractivity contribution in [2.45, 2.75) is 56.1 Å². The monoisotopic (exact) mass is 270 g/mol. The van der Waals surface area contributed by atoms with Crippen LogP contribution in [0.5, 0.6) is 0 Å². The lowest BCUT2D eigenvalue weighted by atomic mass is 9.69. The van der Waals surface area contributed by atoms with Crippen LogP contribution in [0.25, 0.3) is 0 Å². The van der Waals surface area contributed by atoms with Crippen molar-refractivity contribution in [1.82, 2.24) is 0 Å². The molecule has 4 heteroatoms. The second kappa shape index (κ2) is 4.80. The SMILES string of the molecule is O=C1CCC(O)(C2CCOC3(CCSC3)C2)CC1. The predicted octanol–water partition coefficient (Wildman–Crippen LogP) is 2.16. The summed E-state index contributed by atoms with van der Waals surface area (Å²) in [4.78, 5) is 11.3. The molecule has 0 bridgehead atoms. The van der Waals surface area contributed by atoms with E-state index in [-0.39, 0.29) is 5.60 Å². The van der Waals surface area contributed by atoms with Gasteiger partial charge in [-0.25, -0.2) is 0 Å². The molecule has 2 unspecified atom stereocenters. The summed E-state index contributed by atoms with van der Waals surface area (Å²) in [6.07, 6.45) is 5.54. The van der Waals surface area contributed by atoms with Crippen LogP contribution in [0.15, 0.2) is 0 Å². The maximum atomic E-state index is 11.3. The number of carbonyl (C=O) groups is 1. The van der Waals surface area contributed by atoms with E-state index in [1.165, 1.54) is 5.75 Å². The smallest absolute Gasteiger partial charge is 0.133 e. The first-order valence-corrected chi connectivity index (χ1v) is 8.23. The topological polar surface area (TPSA) is 46.5 Å². The second-order valence-corrected chi connectivity index (χ2v) is 7.27. The number of Topliss-reactive ketones (excluding diaryl/α,β-unsaturated/α-hetero) is 1. The van der Waals surface area contributed by atoms with Gasteiger partial charge in [-0.2, -0.15) is 11.8 Å². The lowest BCUT2D eigenvalue weighted by molar-refractivity contribution is -0.149. The molecule has 2 heterocycles. The fourth-order valence-electron chi connectivity index (χ4n) is 3.72. The van der Waals surface area contributed by atoms with Crippen molar-refractivity contribution in [1.29, 1.82) is 0 Å². The molecule has 0 aromatic heterocycles. The van der Waals surface area contributed by atoms with Crippen LogP contribution in [0.2, 0.25) is 0 Å². The predicted molar refractivity (Wildman–Crippen MR) is 71.8 cm³/mol. The first-order chi connectivity index (χ1) is 8.62. The molecule has 1 spiro atoms. The van der Waals surface area contributed by atoms with E-state index in [2.05, 4.69) is 0 Å². The molecule has 3 rings (SSSR count). The zero-order valence-corrected chi connectivity index (χ0v) is 11.6. The van der Waals surface area contributed by atoms with Gasteiger partial charge in [-0.1, -0.05) is 0 Å². The lowest BCUT2D eigenvalue weighted by Gasteiger charge is -2.46. The molecule has 2 saturated heterocycles. The molecule has 3 nitrogen and oxygen atoms in total. The van der Waals surface area contributed by atoms with E-state index in [1.807, 2.05) is 11.8 Å². The third-order valence-corrected chi connectivity index (χ3v) is 6.22.